The number of likely N-dealkylation sites (tertiary alicyclic amines) is 1. The van der Waals surface area contributed by atoms with Crippen molar-refractivity contribution in [3.8, 4) is 0 Å². The molecule has 0 amide bonds. The zero-order chi connectivity index (χ0) is 14.5. The molecule has 3 rings (SSSR count). The first-order valence-electron chi connectivity index (χ1n) is 7.86. The molecule has 0 N–H and O–H groups in total. The molecule has 0 aromatic heterocycles. The third kappa shape index (κ3) is 3.70. The van der Waals surface area contributed by atoms with Crippen molar-refractivity contribution in [1.29, 1.82) is 0 Å². The van der Waals surface area contributed by atoms with Crippen LogP contribution in [-0.4, -0.2) is 18.0 Å². The van der Waals surface area contributed by atoms with Gasteiger partial charge in [-0.25, -0.2) is 4.39 Å². The van der Waals surface area contributed by atoms with Crippen LogP contribution in [0.25, 0.3) is 0 Å². The van der Waals surface area contributed by atoms with Gasteiger partial charge in [0, 0.05) is 12.6 Å². The lowest BCUT2D eigenvalue weighted by Gasteiger charge is -2.36. The van der Waals surface area contributed by atoms with Gasteiger partial charge in [-0.15, -0.1) is 0 Å². The van der Waals surface area contributed by atoms with Gasteiger partial charge in [-0.1, -0.05) is 48.9 Å². The number of rotatable bonds is 4. The summed E-state index contributed by atoms with van der Waals surface area (Å²) in [7, 11) is 0. The highest BCUT2D eigenvalue weighted by molar-refractivity contribution is 5.20. The summed E-state index contributed by atoms with van der Waals surface area (Å²) in [6.07, 6.45) is 4.83. The molecule has 2 aromatic carbocycles. The molecule has 2 aromatic rings. The molecule has 1 unspecified atom stereocenters. The predicted octanol–water partition coefficient (Wildman–Crippen LogP) is 4.60. The molecule has 0 saturated carbocycles. The van der Waals surface area contributed by atoms with E-state index in [0.717, 1.165) is 13.0 Å². The highest BCUT2D eigenvalue weighted by Gasteiger charge is 2.23. The van der Waals surface area contributed by atoms with Crippen LogP contribution in [0.1, 0.15) is 36.4 Å². The largest absolute Gasteiger partial charge is 0.296 e. The van der Waals surface area contributed by atoms with Crippen LogP contribution in [0.5, 0.6) is 0 Å². The molecule has 1 heterocycles. The van der Waals surface area contributed by atoms with Crippen LogP contribution in [0.15, 0.2) is 54.6 Å². The van der Waals surface area contributed by atoms with Gasteiger partial charge < -0.3 is 0 Å². The molecule has 1 saturated heterocycles. The average Bonchev–Trinajstić information content (AvgIpc) is 2.55. The Balaban J connectivity index is 1.66. The molecular weight excluding hydrogens is 261 g/mol. The summed E-state index contributed by atoms with van der Waals surface area (Å²) < 4.78 is 13.0. The number of nitrogens with zero attached hydrogens (tertiary/aromatic N) is 1. The molecule has 1 nitrogen and oxygen atoms in total. The normalized spacial score (nSPS) is 19.6. The van der Waals surface area contributed by atoms with Crippen LogP contribution in [0.2, 0.25) is 0 Å². The minimum Gasteiger partial charge on any atom is -0.296 e. The number of piperidine rings is 1. The summed E-state index contributed by atoms with van der Waals surface area (Å²) in [5.74, 6) is -0.154. The Morgan fingerprint density at radius 2 is 1.71 bits per heavy atom. The van der Waals surface area contributed by atoms with E-state index in [0.29, 0.717) is 6.04 Å². The van der Waals surface area contributed by atoms with Crippen molar-refractivity contribution in [2.45, 2.75) is 31.7 Å². The van der Waals surface area contributed by atoms with E-state index in [1.165, 1.54) is 36.9 Å². The van der Waals surface area contributed by atoms with E-state index in [1.54, 1.807) is 12.1 Å². The quantitative estimate of drug-likeness (QED) is 0.793. The smallest absolute Gasteiger partial charge is 0.123 e. The monoisotopic (exact) mass is 283 g/mol. The van der Waals surface area contributed by atoms with Gasteiger partial charge in [0.1, 0.15) is 5.82 Å². The van der Waals surface area contributed by atoms with Crippen molar-refractivity contribution in [2.75, 3.05) is 13.1 Å². The maximum absolute atomic E-state index is 13.0. The Morgan fingerprint density at radius 1 is 0.952 bits per heavy atom. The number of benzene rings is 2. The van der Waals surface area contributed by atoms with Crippen molar-refractivity contribution in [3.63, 3.8) is 0 Å². The fourth-order valence-electron chi connectivity index (χ4n) is 3.24. The van der Waals surface area contributed by atoms with Gasteiger partial charge in [-0.2, -0.15) is 0 Å². The predicted molar refractivity (Wildman–Crippen MR) is 84.7 cm³/mol. The van der Waals surface area contributed by atoms with Gasteiger partial charge in [-0.05, 0) is 49.1 Å². The Hall–Kier alpha value is -1.67. The third-order valence-corrected chi connectivity index (χ3v) is 4.40. The summed E-state index contributed by atoms with van der Waals surface area (Å²) in [5, 5.41) is 0. The second-order valence-electron chi connectivity index (χ2n) is 5.83. The number of halogens is 1. The average molecular weight is 283 g/mol. The molecule has 1 fully saturated rings. The van der Waals surface area contributed by atoms with Gasteiger partial charge in [0.15, 0.2) is 0 Å². The summed E-state index contributed by atoms with van der Waals surface area (Å²) in [4.78, 5) is 2.59. The van der Waals surface area contributed by atoms with Crippen molar-refractivity contribution < 1.29 is 4.39 Å². The molecule has 110 valence electrons. The summed E-state index contributed by atoms with van der Waals surface area (Å²) in [6.45, 7) is 2.21. The summed E-state index contributed by atoms with van der Waals surface area (Å²) in [6, 6.07) is 18.3. The molecule has 1 atom stereocenters. The van der Waals surface area contributed by atoms with Crippen LogP contribution < -0.4 is 0 Å². The second kappa shape index (κ2) is 6.86. The van der Waals surface area contributed by atoms with Gasteiger partial charge in [0.25, 0.3) is 0 Å². The van der Waals surface area contributed by atoms with E-state index in [1.807, 2.05) is 12.1 Å². The fraction of sp³-hybridized carbons (Fsp3) is 0.368. The van der Waals surface area contributed by atoms with Gasteiger partial charge in [0.05, 0.1) is 0 Å². The lowest BCUT2D eigenvalue weighted by Crippen LogP contribution is -2.34. The van der Waals surface area contributed by atoms with Crippen LogP contribution in [-0.2, 0) is 6.42 Å². The first-order valence-corrected chi connectivity index (χ1v) is 7.86. The van der Waals surface area contributed by atoms with Crippen LogP contribution in [0, 0.1) is 5.82 Å². The van der Waals surface area contributed by atoms with E-state index in [-0.39, 0.29) is 5.82 Å². The molecule has 1 aliphatic rings. The Morgan fingerprint density at radius 3 is 2.48 bits per heavy atom. The van der Waals surface area contributed by atoms with Gasteiger partial charge >= 0.3 is 0 Å². The van der Waals surface area contributed by atoms with E-state index >= 15 is 0 Å². The van der Waals surface area contributed by atoms with Crippen LogP contribution >= 0.6 is 0 Å². The molecule has 0 radical (unpaired) electrons. The van der Waals surface area contributed by atoms with Crippen molar-refractivity contribution in [3.05, 3.63) is 71.5 Å². The Bertz CT molecular complexity index is 550. The first-order chi connectivity index (χ1) is 10.3. The van der Waals surface area contributed by atoms with E-state index < -0.39 is 0 Å². The summed E-state index contributed by atoms with van der Waals surface area (Å²) >= 11 is 0. The molecule has 0 spiro atoms. The maximum Gasteiger partial charge on any atom is 0.123 e. The lowest BCUT2D eigenvalue weighted by molar-refractivity contribution is 0.150. The van der Waals surface area contributed by atoms with Crippen LogP contribution in [0.3, 0.4) is 0 Å². The molecule has 1 aliphatic heterocycles. The van der Waals surface area contributed by atoms with Gasteiger partial charge in [0.2, 0.25) is 0 Å². The van der Waals surface area contributed by atoms with E-state index in [2.05, 4.69) is 35.2 Å². The van der Waals surface area contributed by atoms with Crippen molar-refractivity contribution >= 4 is 0 Å². The minimum atomic E-state index is -0.154. The maximum atomic E-state index is 13.0. The van der Waals surface area contributed by atoms with Gasteiger partial charge in [-0.3, -0.25) is 4.90 Å². The first kappa shape index (κ1) is 14.3. The molecule has 21 heavy (non-hydrogen) atoms. The highest BCUT2D eigenvalue weighted by atomic mass is 19.1. The molecule has 2 heteroatoms. The molecule has 0 aliphatic carbocycles. The lowest BCUT2D eigenvalue weighted by atomic mass is 9.95. The zero-order valence-electron chi connectivity index (χ0n) is 12.3. The molecular formula is C19H22FN. The zero-order valence-corrected chi connectivity index (χ0v) is 12.3. The van der Waals surface area contributed by atoms with Crippen molar-refractivity contribution in [1.82, 2.24) is 4.90 Å². The Kier molecular flexibility index (Phi) is 4.66. The minimum absolute atomic E-state index is 0.154. The number of hydrogen-bond acceptors (Lipinski definition) is 1. The fourth-order valence-corrected chi connectivity index (χ4v) is 3.24. The third-order valence-electron chi connectivity index (χ3n) is 4.40. The number of hydrogen-bond donors (Lipinski definition) is 0. The standard InChI is InChI=1S/C19H22FN/c20-18-11-9-16(10-12-18)13-15-21-14-5-4-8-19(21)17-6-2-1-3-7-17/h1-3,6-7,9-12,19H,4-5,8,13-15H2. The molecule has 0 bridgehead atoms. The van der Waals surface area contributed by atoms with Crippen molar-refractivity contribution in [2.24, 2.45) is 0 Å². The second-order valence-corrected chi connectivity index (χ2v) is 5.83. The van der Waals surface area contributed by atoms with E-state index in [9.17, 15) is 4.39 Å². The summed E-state index contributed by atoms with van der Waals surface area (Å²) in [5.41, 5.74) is 2.64. The topological polar surface area (TPSA) is 3.24 Å². The SMILES string of the molecule is Fc1ccc(CCN2CCCCC2c2ccccc2)cc1. The highest BCUT2D eigenvalue weighted by Crippen LogP contribution is 2.30. The van der Waals surface area contributed by atoms with E-state index in [4.69, 9.17) is 0 Å². The van der Waals surface area contributed by atoms with Crippen LogP contribution in [0.4, 0.5) is 4.39 Å². The Labute approximate surface area is 126 Å².